The highest BCUT2D eigenvalue weighted by Crippen LogP contribution is 2.29. The van der Waals surface area contributed by atoms with Crippen molar-refractivity contribution in [2.45, 2.75) is 31.6 Å². The summed E-state index contributed by atoms with van der Waals surface area (Å²) in [6, 6.07) is 15.0. The molecule has 0 aliphatic heterocycles. The van der Waals surface area contributed by atoms with E-state index in [0.29, 0.717) is 5.92 Å². The van der Waals surface area contributed by atoms with Crippen molar-refractivity contribution in [2.75, 3.05) is 0 Å². The van der Waals surface area contributed by atoms with E-state index >= 15 is 0 Å². The summed E-state index contributed by atoms with van der Waals surface area (Å²) in [6.07, 6.45) is 1.02. The highest BCUT2D eigenvalue weighted by Gasteiger charge is 2.11. The Morgan fingerprint density at radius 2 is 1.69 bits per heavy atom. The summed E-state index contributed by atoms with van der Waals surface area (Å²) in [5.74, 6) is 0.513. The quantitative estimate of drug-likeness (QED) is 0.656. The highest BCUT2D eigenvalue weighted by molar-refractivity contribution is 6.20. The van der Waals surface area contributed by atoms with E-state index < -0.39 is 0 Å². The minimum atomic E-state index is 0.231. The number of rotatable bonds is 3. The SMILES string of the molecule is CC(Cl)CC(C)c1cccc2ccccc12. The lowest BCUT2D eigenvalue weighted by atomic mass is 9.92. The Balaban J connectivity index is 2.44. The van der Waals surface area contributed by atoms with Gasteiger partial charge in [-0.1, -0.05) is 49.4 Å². The topological polar surface area (TPSA) is 0 Å². The number of fused-ring (bicyclic) bond motifs is 1. The zero-order chi connectivity index (χ0) is 11.5. The van der Waals surface area contributed by atoms with Gasteiger partial charge in [0.25, 0.3) is 0 Å². The van der Waals surface area contributed by atoms with Crippen molar-refractivity contribution in [1.82, 2.24) is 0 Å². The van der Waals surface area contributed by atoms with E-state index in [0.717, 1.165) is 6.42 Å². The molecule has 0 fully saturated rings. The van der Waals surface area contributed by atoms with Crippen molar-refractivity contribution in [3.05, 3.63) is 48.0 Å². The third-order valence-corrected chi connectivity index (χ3v) is 3.21. The van der Waals surface area contributed by atoms with Gasteiger partial charge >= 0.3 is 0 Å². The van der Waals surface area contributed by atoms with Gasteiger partial charge in [0.1, 0.15) is 0 Å². The first-order chi connectivity index (χ1) is 7.68. The van der Waals surface area contributed by atoms with Crippen LogP contribution in [0.1, 0.15) is 31.7 Å². The molecule has 0 nitrogen and oxygen atoms in total. The lowest BCUT2D eigenvalue weighted by Crippen LogP contribution is -2.01. The van der Waals surface area contributed by atoms with Gasteiger partial charge in [-0.2, -0.15) is 0 Å². The van der Waals surface area contributed by atoms with E-state index in [1.807, 2.05) is 0 Å². The summed E-state index contributed by atoms with van der Waals surface area (Å²) in [4.78, 5) is 0. The molecule has 2 rings (SSSR count). The molecule has 0 bridgehead atoms. The van der Waals surface area contributed by atoms with E-state index in [4.69, 9.17) is 11.6 Å². The molecular formula is C15H17Cl. The molecule has 0 aliphatic rings. The second kappa shape index (κ2) is 4.88. The Hall–Kier alpha value is -1.01. The Bertz CT molecular complexity index is 468. The first kappa shape index (κ1) is 11.5. The molecule has 2 unspecified atom stereocenters. The van der Waals surface area contributed by atoms with Crippen molar-refractivity contribution >= 4 is 22.4 Å². The van der Waals surface area contributed by atoms with Gasteiger partial charge in [-0.25, -0.2) is 0 Å². The second-order valence-electron chi connectivity index (χ2n) is 4.49. The number of alkyl halides is 1. The highest BCUT2D eigenvalue weighted by atomic mass is 35.5. The van der Waals surface area contributed by atoms with E-state index in [9.17, 15) is 0 Å². The predicted octanol–water partition coefficient (Wildman–Crippen LogP) is 4.96. The molecule has 16 heavy (non-hydrogen) atoms. The molecule has 0 N–H and O–H groups in total. The van der Waals surface area contributed by atoms with Gasteiger partial charge in [-0.3, -0.25) is 0 Å². The molecule has 0 spiro atoms. The van der Waals surface area contributed by atoms with E-state index in [1.54, 1.807) is 0 Å². The van der Waals surface area contributed by atoms with E-state index in [1.165, 1.54) is 16.3 Å². The summed E-state index contributed by atoms with van der Waals surface area (Å²) < 4.78 is 0. The van der Waals surface area contributed by atoms with Gasteiger partial charge in [0.05, 0.1) is 0 Å². The monoisotopic (exact) mass is 232 g/mol. The molecule has 0 amide bonds. The lowest BCUT2D eigenvalue weighted by molar-refractivity contribution is 0.675. The maximum atomic E-state index is 6.07. The molecule has 0 radical (unpaired) electrons. The average Bonchev–Trinajstić information content (AvgIpc) is 2.27. The van der Waals surface area contributed by atoms with Gasteiger partial charge in [0, 0.05) is 5.38 Å². The fourth-order valence-electron chi connectivity index (χ4n) is 2.29. The third-order valence-electron chi connectivity index (χ3n) is 3.03. The first-order valence-corrected chi connectivity index (χ1v) is 6.24. The van der Waals surface area contributed by atoms with E-state index in [2.05, 4.69) is 56.3 Å². The van der Waals surface area contributed by atoms with Crippen LogP contribution in [0.4, 0.5) is 0 Å². The van der Waals surface area contributed by atoms with Crippen molar-refractivity contribution in [3.8, 4) is 0 Å². The Morgan fingerprint density at radius 3 is 2.44 bits per heavy atom. The van der Waals surface area contributed by atoms with Crippen LogP contribution in [0, 0.1) is 0 Å². The van der Waals surface area contributed by atoms with Crippen LogP contribution < -0.4 is 0 Å². The maximum Gasteiger partial charge on any atom is 0.0313 e. The molecule has 1 heteroatoms. The fraction of sp³-hybridized carbons (Fsp3) is 0.333. The van der Waals surface area contributed by atoms with Crippen LogP contribution in [0.2, 0.25) is 0 Å². The van der Waals surface area contributed by atoms with E-state index in [-0.39, 0.29) is 5.38 Å². The van der Waals surface area contributed by atoms with Gasteiger partial charge in [-0.15, -0.1) is 11.6 Å². The molecule has 0 aliphatic carbocycles. The minimum Gasteiger partial charge on any atom is -0.123 e. The van der Waals surface area contributed by atoms with Gasteiger partial charge < -0.3 is 0 Å². The number of hydrogen-bond donors (Lipinski definition) is 0. The lowest BCUT2D eigenvalue weighted by Gasteiger charge is -2.15. The molecular weight excluding hydrogens is 216 g/mol. The molecule has 2 atom stereocenters. The zero-order valence-electron chi connectivity index (χ0n) is 9.78. The molecule has 0 saturated carbocycles. The molecule has 2 aromatic rings. The summed E-state index contributed by atoms with van der Waals surface area (Å²) in [6.45, 7) is 4.31. The van der Waals surface area contributed by atoms with Crippen molar-refractivity contribution in [1.29, 1.82) is 0 Å². The third kappa shape index (κ3) is 2.38. The number of hydrogen-bond acceptors (Lipinski definition) is 0. The van der Waals surface area contributed by atoms with Crippen molar-refractivity contribution in [3.63, 3.8) is 0 Å². The minimum absolute atomic E-state index is 0.231. The second-order valence-corrected chi connectivity index (χ2v) is 5.23. The summed E-state index contributed by atoms with van der Waals surface area (Å²) in [5.41, 5.74) is 1.41. The Kier molecular flexibility index (Phi) is 3.50. The normalized spacial score (nSPS) is 14.9. The molecule has 0 aromatic heterocycles. The van der Waals surface area contributed by atoms with Crippen LogP contribution in [0.5, 0.6) is 0 Å². The summed E-state index contributed by atoms with van der Waals surface area (Å²) >= 11 is 6.07. The number of halogens is 1. The first-order valence-electron chi connectivity index (χ1n) is 5.80. The van der Waals surface area contributed by atoms with Crippen LogP contribution >= 0.6 is 11.6 Å². The molecule has 84 valence electrons. The van der Waals surface area contributed by atoms with Crippen molar-refractivity contribution in [2.24, 2.45) is 0 Å². The smallest absolute Gasteiger partial charge is 0.0313 e. The van der Waals surface area contributed by atoms with Crippen LogP contribution in [0.25, 0.3) is 10.8 Å². The number of benzene rings is 2. The fourth-order valence-corrected chi connectivity index (χ4v) is 2.56. The van der Waals surface area contributed by atoms with Gasteiger partial charge in [0.15, 0.2) is 0 Å². The van der Waals surface area contributed by atoms with Crippen LogP contribution in [-0.2, 0) is 0 Å². The van der Waals surface area contributed by atoms with Gasteiger partial charge in [-0.05, 0) is 35.6 Å². The Labute approximate surface area is 102 Å². The van der Waals surface area contributed by atoms with Gasteiger partial charge in [0.2, 0.25) is 0 Å². The average molecular weight is 233 g/mol. The van der Waals surface area contributed by atoms with Crippen molar-refractivity contribution < 1.29 is 0 Å². The molecule has 0 heterocycles. The van der Waals surface area contributed by atoms with Crippen LogP contribution in [0.3, 0.4) is 0 Å². The Morgan fingerprint density at radius 1 is 1.00 bits per heavy atom. The van der Waals surface area contributed by atoms with Crippen LogP contribution in [0.15, 0.2) is 42.5 Å². The maximum absolute atomic E-state index is 6.07. The largest absolute Gasteiger partial charge is 0.123 e. The molecule has 2 aromatic carbocycles. The summed E-state index contributed by atoms with van der Waals surface area (Å²) in [7, 11) is 0. The predicted molar refractivity (Wildman–Crippen MR) is 72.3 cm³/mol. The zero-order valence-corrected chi connectivity index (χ0v) is 10.5. The van der Waals surface area contributed by atoms with Crippen LogP contribution in [-0.4, -0.2) is 5.38 Å². The molecule has 0 saturated heterocycles. The summed E-state index contributed by atoms with van der Waals surface area (Å²) in [5, 5.41) is 2.90. The standard InChI is InChI=1S/C15H17Cl/c1-11(10-12(2)16)14-9-5-7-13-6-3-4-8-15(13)14/h3-9,11-12H,10H2,1-2H3.